The first-order valence-electron chi connectivity index (χ1n) is 14.5. The van der Waals surface area contributed by atoms with Gasteiger partial charge in [0.15, 0.2) is 0 Å². The molecule has 6 rings (SSSR count). The normalized spacial score (nSPS) is 19.0. The quantitative estimate of drug-likeness (QED) is 0.433. The Labute approximate surface area is 245 Å². The van der Waals surface area contributed by atoms with Gasteiger partial charge in [0.2, 0.25) is 0 Å². The lowest BCUT2D eigenvalue weighted by Gasteiger charge is -2.34. The van der Waals surface area contributed by atoms with Crippen LogP contribution in [-0.4, -0.2) is 84.3 Å². The van der Waals surface area contributed by atoms with E-state index in [-0.39, 0.29) is 24.7 Å². The highest BCUT2D eigenvalue weighted by atomic mass is 16.6. The summed E-state index contributed by atoms with van der Waals surface area (Å²) in [6.45, 7) is 5.72. The van der Waals surface area contributed by atoms with Gasteiger partial charge in [-0.15, -0.1) is 0 Å². The summed E-state index contributed by atoms with van der Waals surface area (Å²) in [7, 11) is 0. The Balaban J connectivity index is 1.00. The average molecular weight is 570 g/mol. The van der Waals surface area contributed by atoms with E-state index in [1.54, 1.807) is 16.0 Å². The van der Waals surface area contributed by atoms with Gasteiger partial charge in [-0.2, -0.15) is 0 Å². The predicted octanol–water partition coefficient (Wildman–Crippen LogP) is 4.23. The fourth-order valence-corrected chi connectivity index (χ4v) is 5.29. The predicted molar refractivity (Wildman–Crippen MR) is 157 cm³/mol. The summed E-state index contributed by atoms with van der Waals surface area (Å²) >= 11 is 0. The maximum atomic E-state index is 12.7. The van der Waals surface area contributed by atoms with Crippen molar-refractivity contribution in [1.29, 1.82) is 0 Å². The molecule has 1 N–H and O–H groups in total. The summed E-state index contributed by atoms with van der Waals surface area (Å²) in [6.07, 6.45) is 2.79. The lowest BCUT2D eigenvalue weighted by atomic mass is 9.99. The van der Waals surface area contributed by atoms with Crippen molar-refractivity contribution in [2.75, 3.05) is 44.2 Å². The number of nitrogens with zero attached hydrogens (tertiary/aromatic N) is 4. The van der Waals surface area contributed by atoms with Crippen molar-refractivity contribution >= 4 is 23.9 Å². The second-order valence-corrected chi connectivity index (χ2v) is 11.1. The molecule has 10 nitrogen and oxygen atoms in total. The van der Waals surface area contributed by atoms with Crippen molar-refractivity contribution in [1.82, 2.24) is 20.1 Å². The number of aryl methyl sites for hydroxylation is 1. The first-order valence-corrected chi connectivity index (χ1v) is 14.5. The fraction of sp³-hybridized carbons (Fsp3) is 0.375. The Hall–Kier alpha value is -4.44. The molecule has 10 heteroatoms. The second-order valence-electron chi connectivity index (χ2n) is 11.1. The topological polar surface area (TPSA) is 104 Å². The van der Waals surface area contributed by atoms with Gasteiger partial charge in [0.1, 0.15) is 18.5 Å². The number of pyridine rings is 1. The maximum Gasteiger partial charge on any atom is 0.415 e. The molecule has 3 heterocycles. The maximum absolute atomic E-state index is 12.7. The van der Waals surface area contributed by atoms with E-state index in [9.17, 15) is 14.4 Å². The molecule has 2 aliphatic heterocycles. The standard InChI is InChI=1S/C32H35N5O5/c1-22-7-8-24(30(38)34-26-10-11-26)17-28(22)25-9-12-29(33-18-25)37-20-27(42-32(37)40)19-35-13-15-36(16-14-35)31(39)41-21-23-5-3-2-4-6-23/h2-9,12,17-18,26-27H,10-11,13-16,19-21H2,1H3,(H,34,38)/t27-/m0/s1. The van der Waals surface area contributed by atoms with E-state index in [1.165, 1.54) is 0 Å². The van der Waals surface area contributed by atoms with E-state index in [0.717, 1.165) is 35.1 Å². The number of hydrogen-bond donors (Lipinski definition) is 1. The molecule has 1 aliphatic carbocycles. The van der Waals surface area contributed by atoms with Crippen molar-refractivity contribution in [2.24, 2.45) is 0 Å². The molecule has 218 valence electrons. The summed E-state index contributed by atoms with van der Waals surface area (Å²) in [6, 6.07) is 19.3. The Bertz CT molecular complexity index is 1440. The van der Waals surface area contributed by atoms with Crippen LogP contribution in [0, 0.1) is 6.92 Å². The molecular weight excluding hydrogens is 534 g/mol. The van der Waals surface area contributed by atoms with Crippen LogP contribution in [0.2, 0.25) is 0 Å². The van der Waals surface area contributed by atoms with Gasteiger partial charge >= 0.3 is 12.2 Å². The molecule has 3 amide bonds. The second kappa shape index (κ2) is 12.2. The van der Waals surface area contributed by atoms with Crippen LogP contribution in [0.1, 0.15) is 34.3 Å². The van der Waals surface area contributed by atoms with Crippen LogP contribution in [0.3, 0.4) is 0 Å². The Morgan fingerprint density at radius 2 is 1.81 bits per heavy atom. The summed E-state index contributed by atoms with van der Waals surface area (Å²) in [4.78, 5) is 47.8. The number of carbonyl (C=O) groups excluding carboxylic acids is 3. The highest BCUT2D eigenvalue weighted by Gasteiger charge is 2.35. The zero-order valence-electron chi connectivity index (χ0n) is 23.7. The number of cyclic esters (lactones) is 1. The van der Waals surface area contributed by atoms with E-state index in [4.69, 9.17) is 9.47 Å². The fourth-order valence-electron chi connectivity index (χ4n) is 5.29. The van der Waals surface area contributed by atoms with Crippen LogP contribution in [0.15, 0.2) is 66.9 Å². The molecule has 0 bridgehead atoms. The zero-order chi connectivity index (χ0) is 29.1. The molecule has 3 aromatic rings. The molecule has 3 aliphatic rings. The van der Waals surface area contributed by atoms with E-state index in [2.05, 4.69) is 15.2 Å². The number of nitrogens with one attached hydrogen (secondary N) is 1. The van der Waals surface area contributed by atoms with Crippen LogP contribution in [0.5, 0.6) is 0 Å². The SMILES string of the molecule is Cc1ccc(C(=O)NC2CC2)cc1-c1ccc(N2C[C@H](CN3CCN(C(=O)OCc4ccccc4)CC3)OC2=O)nc1. The minimum Gasteiger partial charge on any atom is -0.445 e. The molecule has 0 spiro atoms. The van der Waals surface area contributed by atoms with Gasteiger partial charge in [0.05, 0.1) is 6.54 Å². The largest absolute Gasteiger partial charge is 0.445 e. The molecule has 0 unspecified atom stereocenters. The van der Waals surface area contributed by atoms with Crippen molar-refractivity contribution < 1.29 is 23.9 Å². The van der Waals surface area contributed by atoms with Gasteiger partial charge in [-0.1, -0.05) is 36.4 Å². The highest BCUT2D eigenvalue weighted by Crippen LogP contribution is 2.28. The monoisotopic (exact) mass is 569 g/mol. The number of carbonyl (C=O) groups is 3. The van der Waals surface area contributed by atoms with Crippen molar-refractivity contribution in [3.63, 3.8) is 0 Å². The van der Waals surface area contributed by atoms with Gasteiger partial charge in [-0.25, -0.2) is 14.6 Å². The Morgan fingerprint density at radius 3 is 2.52 bits per heavy atom. The lowest BCUT2D eigenvalue weighted by molar-refractivity contribution is 0.0566. The van der Waals surface area contributed by atoms with Crippen molar-refractivity contribution in [2.45, 2.75) is 38.5 Å². The molecule has 0 radical (unpaired) electrons. The molecule has 2 aromatic carbocycles. The third-order valence-corrected chi connectivity index (χ3v) is 7.92. The van der Waals surface area contributed by atoms with Crippen LogP contribution in [0.25, 0.3) is 11.1 Å². The molecule has 1 saturated carbocycles. The number of piperazine rings is 1. The number of rotatable bonds is 8. The molecule has 1 atom stereocenters. The first-order chi connectivity index (χ1) is 20.4. The average Bonchev–Trinajstić information content (AvgIpc) is 3.76. The summed E-state index contributed by atoms with van der Waals surface area (Å²) in [5.74, 6) is 0.469. The summed E-state index contributed by atoms with van der Waals surface area (Å²) < 4.78 is 11.1. The highest BCUT2D eigenvalue weighted by molar-refractivity contribution is 5.96. The van der Waals surface area contributed by atoms with E-state index >= 15 is 0 Å². The molecule has 3 fully saturated rings. The van der Waals surface area contributed by atoms with Crippen LogP contribution < -0.4 is 10.2 Å². The van der Waals surface area contributed by atoms with Crippen LogP contribution >= 0.6 is 0 Å². The van der Waals surface area contributed by atoms with Gasteiger partial charge in [-0.05, 0) is 60.7 Å². The minimum absolute atomic E-state index is 0.0569. The molecule has 2 saturated heterocycles. The minimum atomic E-state index is -0.418. The van der Waals surface area contributed by atoms with E-state index in [1.807, 2.05) is 67.6 Å². The summed E-state index contributed by atoms with van der Waals surface area (Å²) in [5.41, 5.74) is 4.43. The van der Waals surface area contributed by atoms with Gasteiger partial charge < -0.3 is 19.7 Å². The third kappa shape index (κ3) is 6.54. The van der Waals surface area contributed by atoms with Crippen molar-refractivity contribution in [3.05, 3.63) is 83.6 Å². The number of aromatic nitrogens is 1. The molecule has 42 heavy (non-hydrogen) atoms. The first kappa shape index (κ1) is 27.7. The number of amides is 3. The van der Waals surface area contributed by atoms with E-state index < -0.39 is 6.09 Å². The Morgan fingerprint density at radius 1 is 1.02 bits per heavy atom. The van der Waals surface area contributed by atoms with Crippen LogP contribution in [-0.2, 0) is 16.1 Å². The number of anilines is 1. The summed E-state index contributed by atoms with van der Waals surface area (Å²) in [5, 5.41) is 3.03. The third-order valence-electron chi connectivity index (χ3n) is 7.92. The number of hydrogen-bond acceptors (Lipinski definition) is 7. The van der Waals surface area contributed by atoms with Gasteiger partial charge in [0.25, 0.3) is 5.91 Å². The van der Waals surface area contributed by atoms with Crippen molar-refractivity contribution in [3.8, 4) is 11.1 Å². The lowest BCUT2D eigenvalue weighted by Crippen LogP contribution is -2.50. The Kier molecular flexibility index (Phi) is 8.05. The van der Waals surface area contributed by atoms with E-state index in [0.29, 0.717) is 56.7 Å². The van der Waals surface area contributed by atoms with Gasteiger partial charge in [-0.3, -0.25) is 14.6 Å². The smallest absolute Gasteiger partial charge is 0.415 e. The number of benzene rings is 2. The number of ether oxygens (including phenoxy) is 2. The molecule has 1 aromatic heterocycles. The molecular formula is C32H35N5O5. The zero-order valence-corrected chi connectivity index (χ0v) is 23.7. The van der Waals surface area contributed by atoms with Crippen LogP contribution in [0.4, 0.5) is 15.4 Å². The van der Waals surface area contributed by atoms with Gasteiger partial charge in [0, 0.05) is 56.1 Å².